The van der Waals surface area contributed by atoms with Crippen molar-refractivity contribution in [3.63, 3.8) is 0 Å². The molecule has 1 atom stereocenters. The molecule has 6 nitrogen and oxygen atoms in total. The van der Waals surface area contributed by atoms with Crippen molar-refractivity contribution in [3.05, 3.63) is 35.9 Å². The van der Waals surface area contributed by atoms with Gasteiger partial charge in [0.25, 0.3) is 0 Å². The minimum Gasteiger partial charge on any atom is -0.375 e. The van der Waals surface area contributed by atoms with Crippen LogP contribution in [0, 0.1) is 0 Å². The molecule has 2 aliphatic heterocycles. The van der Waals surface area contributed by atoms with Gasteiger partial charge in [-0.2, -0.15) is 0 Å². The fourth-order valence-electron chi connectivity index (χ4n) is 4.01. The molecule has 2 heterocycles. The van der Waals surface area contributed by atoms with E-state index in [9.17, 15) is 9.59 Å². The minimum atomic E-state index is -0.208. The standard InChI is InChI=1S/C22H32N2O4/c1-23(2)21(26)17-27-19-10-15-28-22(16-19)11-13-24(14-12-22)20(25)9-8-18-6-4-3-5-7-18/h3-7,19H,8-17H2,1-2H3. The first-order valence-corrected chi connectivity index (χ1v) is 10.2. The van der Waals surface area contributed by atoms with Crippen LogP contribution in [0.3, 0.4) is 0 Å². The number of carbonyl (C=O) groups is 2. The molecule has 2 fully saturated rings. The summed E-state index contributed by atoms with van der Waals surface area (Å²) in [7, 11) is 3.48. The van der Waals surface area contributed by atoms with Crippen LogP contribution in [0.5, 0.6) is 0 Å². The van der Waals surface area contributed by atoms with Crippen molar-refractivity contribution in [2.24, 2.45) is 0 Å². The molecule has 6 heteroatoms. The fraction of sp³-hybridized carbons (Fsp3) is 0.636. The zero-order valence-corrected chi connectivity index (χ0v) is 17.1. The molecule has 0 saturated carbocycles. The van der Waals surface area contributed by atoms with Crippen molar-refractivity contribution in [1.82, 2.24) is 9.80 Å². The summed E-state index contributed by atoms with van der Waals surface area (Å²) in [4.78, 5) is 27.8. The Balaban J connectivity index is 1.44. The van der Waals surface area contributed by atoms with Gasteiger partial charge >= 0.3 is 0 Å². The molecule has 1 unspecified atom stereocenters. The highest BCUT2D eigenvalue weighted by molar-refractivity contribution is 5.77. The zero-order chi connectivity index (χ0) is 20.0. The summed E-state index contributed by atoms with van der Waals surface area (Å²) >= 11 is 0. The Morgan fingerprint density at radius 3 is 2.61 bits per heavy atom. The van der Waals surface area contributed by atoms with Crippen LogP contribution in [0.1, 0.15) is 37.7 Å². The van der Waals surface area contributed by atoms with Crippen LogP contribution >= 0.6 is 0 Å². The molecule has 154 valence electrons. The summed E-state index contributed by atoms with van der Waals surface area (Å²) in [6, 6.07) is 10.1. The van der Waals surface area contributed by atoms with Crippen molar-refractivity contribution >= 4 is 11.8 Å². The average molecular weight is 389 g/mol. The second-order valence-corrected chi connectivity index (χ2v) is 8.11. The highest BCUT2D eigenvalue weighted by atomic mass is 16.5. The van der Waals surface area contributed by atoms with Crippen molar-refractivity contribution in [2.45, 2.75) is 50.2 Å². The maximum absolute atomic E-state index is 12.6. The third-order valence-corrected chi connectivity index (χ3v) is 5.89. The summed E-state index contributed by atoms with van der Waals surface area (Å²) in [5.41, 5.74) is 0.993. The predicted molar refractivity (Wildman–Crippen MR) is 107 cm³/mol. The molecule has 1 aromatic carbocycles. The van der Waals surface area contributed by atoms with Gasteiger partial charge in [0.1, 0.15) is 6.61 Å². The first-order chi connectivity index (χ1) is 13.5. The summed E-state index contributed by atoms with van der Waals surface area (Å²) < 4.78 is 12.0. The molecule has 0 aromatic heterocycles. The van der Waals surface area contributed by atoms with Gasteiger partial charge in [-0.25, -0.2) is 0 Å². The zero-order valence-electron chi connectivity index (χ0n) is 17.1. The lowest BCUT2D eigenvalue weighted by atomic mass is 9.83. The van der Waals surface area contributed by atoms with E-state index in [0.717, 1.165) is 45.2 Å². The number of hydrogen-bond donors (Lipinski definition) is 0. The van der Waals surface area contributed by atoms with Crippen molar-refractivity contribution in [3.8, 4) is 0 Å². The molecule has 0 N–H and O–H groups in total. The topological polar surface area (TPSA) is 59.1 Å². The average Bonchev–Trinajstić information content (AvgIpc) is 2.71. The predicted octanol–water partition coefficient (Wildman–Crippen LogP) is 2.26. The normalized spacial score (nSPS) is 21.5. The molecule has 0 bridgehead atoms. The van der Waals surface area contributed by atoms with Gasteiger partial charge in [0.15, 0.2) is 0 Å². The van der Waals surface area contributed by atoms with Gasteiger partial charge in [-0.1, -0.05) is 30.3 Å². The van der Waals surface area contributed by atoms with Gasteiger partial charge in [-0.15, -0.1) is 0 Å². The lowest BCUT2D eigenvalue weighted by Gasteiger charge is -2.46. The van der Waals surface area contributed by atoms with E-state index >= 15 is 0 Å². The van der Waals surface area contributed by atoms with Crippen LogP contribution in [0.4, 0.5) is 0 Å². The van der Waals surface area contributed by atoms with Crippen molar-refractivity contribution in [1.29, 1.82) is 0 Å². The maximum Gasteiger partial charge on any atom is 0.248 e. The molecular formula is C22H32N2O4. The fourth-order valence-corrected chi connectivity index (χ4v) is 4.01. The number of nitrogens with zero attached hydrogens (tertiary/aromatic N) is 2. The van der Waals surface area contributed by atoms with E-state index in [1.807, 2.05) is 23.1 Å². The first kappa shape index (κ1) is 20.8. The smallest absolute Gasteiger partial charge is 0.248 e. The van der Waals surface area contributed by atoms with E-state index in [4.69, 9.17) is 9.47 Å². The molecule has 1 aromatic rings. The summed E-state index contributed by atoms with van der Waals surface area (Å²) in [6.07, 6.45) is 4.70. The lowest BCUT2D eigenvalue weighted by molar-refractivity contribution is -0.166. The van der Waals surface area contributed by atoms with Gasteiger partial charge in [0.05, 0.1) is 11.7 Å². The Morgan fingerprint density at radius 1 is 1.21 bits per heavy atom. The minimum absolute atomic E-state index is 0.0145. The lowest BCUT2D eigenvalue weighted by Crippen LogP contribution is -2.52. The number of likely N-dealkylation sites (tertiary alicyclic amines) is 1. The Bertz CT molecular complexity index is 654. The number of likely N-dealkylation sites (N-methyl/N-ethyl adjacent to an activating group) is 1. The number of benzene rings is 1. The molecule has 0 aliphatic carbocycles. The Hall–Kier alpha value is -1.92. The summed E-state index contributed by atoms with van der Waals surface area (Å²) in [6.45, 7) is 2.24. The largest absolute Gasteiger partial charge is 0.375 e. The van der Waals surface area contributed by atoms with Gasteiger partial charge < -0.3 is 19.3 Å². The number of ether oxygens (including phenoxy) is 2. The third-order valence-electron chi connectivity index (χ3n) is 5.89. The number of aryl methyl sites for hydroxylation is 1. The number of carbonyl (C=O) groups excluding carboxylic acids is 2. The first-order valence-electron chi connectivity index (χ1n) is 10.2. The van der Waals surface area contributed by atoms with E-state index in [2.05, 4.69) is 12.1 Å². The second-order valence-electron chi connectivity index (χ2n) is 8.11. The monoisotopic (exact) mass is 388 g/mol. The van der Waals surface area contributed by atoms with E-state index in [-0.39, 0.29) is 30.1 Å². The molecule has 2 saturated heterocycles. The molecule has 2 amide bonds. The summed E-state index contributed by atoms with van der Waals surface area (Å²) in [5, 5.41) is 0. The van der Waals surface area contributed by atoms with Gasteiger partial charge in [0, 0.05) is 46.6 Å². The van der Waals surface area contributed by atoms with Crippen LogP contribution in [0.15, 0.2) is 30.3 Å². The van der Waals surface area contributed by atoms with Crippen LogP contribution in [0.2, 0.25) is 0 Å². The Kier molecular flexibility index (Phi) is 7.08. The van der Waals surface area contributed by atoms with E-state index in [0.29, 0.717) is 13.0 Å². The number of hydrogen-bond acceptors (Lipinski definition) is 4. The highest BCUT2D eigenvalue weighted by Crippen LogP contribution is 2.36. The number of piperidine rings is 1. The van der Waals surface area contributed by atoms with Crippen LogP contribution in [-0.4, -0.2) is 73.7 Å². The SMILES string of the molecule is CN(C)C(=O)COC1CCOC2(CCN(C(=O)CCc3ccccc3)CC2)C1. The number of rotatable bonds is 6. The highest BCUT2D eigenvalue weighted by Gasteiger charge is 2.41. The molecule has 28 heavy (non-hydrogen) atoms. The van der Waals surface area contributed by atoms with Gasteiger partial charge in [0.2, 0.25) is 11.8 Å². The third kappa shape index (κ3) is 5.55. The molecular weight excluding hydrogens is 356 g/mol. The Morgan fingerprint density at radius 2 is 1.93 bits per heavy atom. The maximum atomic E-state index is 12.6. The van der Waals surface area contributed by atoms with Crippen LogP contribution in [-0.2, 0) is 25.5 Å². The van der Waals surface area contributed by atoms with Crippen molar-refractivity contribution in [2.75, 3.05) is 40.4 Å². The van der Waals surface area contributed by atoms with Crippen LogP contribution < -0.4 is 0 Å². The second kappa shape index (κ2) is 9.52. The quantitative estimate of drug-likeness (QED) is 0.750. The van der Waals surface area contributed by atoms with Crippen LogP contribution in [0.25, 0.3) is 0 Å². The van der Waals surface area contributed by atoms with Gasteiger partial charge in [-0.05, 0) is 31.2 Å². The van der Waals surface area contributed by atoms with E-state index in [1.54, 1.807) is 19.0 Å². The molecule has 1 spiro atoms. The summed E-state index contributed by atoms with van der Waals surface area (Å²) in [5.74, 6) is 0.207. The van der Waals surface area contributed by atoms with Gasteiger partial charge in [-0.3, -0.25) is 9.59 Å². The molecule has 3 rings (SSSR count). The van der Waals surface area contributed by atoms with E-state index in [1.165, 1.54) is 5.56 Å². The Labute approximate surface area is 167 Å². The molecule has 2 aliphatic rings. The number of amides is 2. The van der Waals surface area contributed by atoms with E-state index < -0.39 is 0 Å². The van der Waals surface area contributed by atoms with Crippen molar-refractivity contribution < 1.29 is 19.1 Å². The molecule has 0 radical (unpaired) electrons.